The number of nitrogen functional groups attached to an aromatic ring is 1. The maximum Gasteiger partial charge on any atom is 0.407 e. The molecule has 0 aliphatic carbocycles. The molecule has 0 bridgehead atoms. The van der Waals surface area contributed by atoms with Gasteiger partial charge in [0.2, 0.25) is 0 Å². The Bertz CT molecular complexity index is 899. The lowest BCUT2D eigenvalue weighted by Gasteiger charge is -2.58. The number of nitrogens with one attached hydrogen (secondary N) is 1. The molecule has 2 aromatic carbocycles. The highest BCUT2D eigenvalue weighted by Gasteiger charge is 2.58. The number of ether oxygens (including phenoxy) is 1. The van der Waals surface area contributed by atoms with Crippen LogP contribution in [-0.4, -0.2) is 35.5 Å². The van der Waals surface area contributed by atoms with Gasteiger partial charge in [-0.1, -0.05) is 42.5 Å². The van der Waals surface area contributed by atoms with Gasteiger partial charge in [-0.2, -0.15) is 0 Å². The highest BCUT2D eigenvalue weighted by molar-refractivity contribution is 5.68. The van der Waals surface area contributed by atoms with Crippen molar-refractivity contribution in [2.45, 2.75) is 49.9 Å². The van der Waals surface area contributed by atoms with Gasteiger partial charge < -0.3 is 27.3 Å². The molecule has 3 rings (SSSR count). The fourth-order valence-electron chi connectivity index (χ4n) is 4.33. The van der Waals surface area contributed by atoms with E-state index in [9.17, 15) is 4.79 Å². The topological polar surface area (TPSA) is 146 Å². The number of hydrogen-bond donors (Lipinski definition) is 5. The van der Waals surface area contributed by atoms with Crippen molar-refractivity contribution >= 4 is 11.8 Å². The molecule has 8 heteroatoms. The van der Waals surface area contributed by atoms with Crippen molar-refractivity contribution in [2.24, 2.45) is 17.3 Å². The van der Waals surface area contributed by atoms with E-state index in [0.29, 0.717) is 18.7 Å². The standard InChI is InChI=1S/C23H34N6O2/c1-21(2,3)31-20(30)28-15-22(25)23(26,17-7-5-4-6-8-17)19(13-14-29(22)27)16-9-11-18(24)12-10-16/h4-12,19H,13-15,24-27H2,1-3H3,(H,28,30). The van der Waals surface area contributed by atoms with Crippen LogP contribution in [-0.2, 0) is 10.3 Å². The summed E-state index contributed by atoms with van der Waals surface area (Å²) in [6.45, 7) is 5.92. The number of carbonyl (C=O) groups excluding carboxylic acids is 1. The molecule has 3 unspecified atom stereocenters. The summed E-state index contributed by atoms with van der Waals surface area (Å²) in [5.74, 6) is 6.27. The molecule has 1 saturated heterocycles. The Kier molecular flexibility index (Phi) is 6.29. The molecule has 3 atom stereocenters. The average Bonchev–Trinajstić information content (AvgIpc) is 2.71. The number of benzene rings is 2. The molecule has 9 N–H and O–H groups in total. The van der Waals surface area contributed by atoms with E-state index < -0.39 is 22.9 Å². The first-order valence-corrected chi connectivity index (χ1v) is 10.5. The van der Waals surface area contributed by atoms with Gasteiger partial charge in [0.25, 0.3) is 0 Å². The number of nitrogens with zero attached hydrogens (tertiary/aromatic N) is 1. The number of piperidine rings is 1. The van der Waals surface area contributed by atoms with Crippen molar-refractivity contribution in [3.8, 4) is 0 Å². The number of nitrogens with two attached hydrogens (primary N) is 4. The monoisotopic (exact) mass is 426 g/mol. The molecular formula is C23H34N6O2. The second-order valence-corrected chi connectivity index (χ2v) is 9.22. The summed E-state index contributed by atoms with van der Waals surface area (Å²) in [4.78, 5) is 12.4. The Morgan fingerprint density at radius 1 is 1.13 bits per heavy atom. The van der Waals surface area contributed by atoms with E-state index in [-0.39, 0.29) is 12.5 Å². The smallest absolute Gasteiger partial charge is 0.407 e. The molecule has 168 valence electrons. The van der Waals surface area contributed by atoms with E-state index >= 15 is 0 Å². The highest BCUT2D eigenvalue weighted by Crippen LogP contribution is 2.47. The second-order valence-electron chi connectivity index (χ2n) is 9.22. The highest BCUT2D eigenvalue weighted by atomic mass is 16.6. The van der Waals surface area contributed by atoms with Crippen LogP contribution >= 0.6 is 0 Å². The van der Waals surface area contributed by atoms with Crippen molar-refractivity contribution in [3.63, 3.8) is 0 Å². The Morgan fingerprint density at radius 2 is 1.74 bits per heavy atom. The lowest BCUT2D eigenvalue weighted by atomic mass is 9.63. The first kappa shape index (κ1) is 23.0. The lowest BCUT2D eigenvalue weighted by molar-refractivity contribution is -0.0400. The van der Waals surface area contributed by atoms with E-state index in [1.807, 2.05) is 54.6 Å². The van der Waals surface area contributed by atoms with Crippen LogP contribution in [0, 0.1) is 0 Å². The van der Waals surface area contributed by atoms with Gasteiger partial charge >= 0.3 is 6.09 Å². The summed E-state index contributed by atoms with van der Waals surface area (Å²) >= 11 is 0. The van der Waals surface area contributed by atoms with Crippen molar-refractivity contribution in [3.05, 3.63) is 65.7 Å². The van der Waals surface area contributed by atoms with Crippen LogP contribution in [0.25, 0.3) is 0 Å². The van der Waals surface area contributed by atoms with E-state index in [1.54, 1.807) is 20.8 Å². The van der Waals surface area contributed by atoms with E-state index in [1.165, 1.54) is 5.01 Å². The summed E-state index contributed by atoms with van der Waals surface area (Å²) in [6, 6.07) is 17.3. The summed E-state index contributed by atoms with van der Waals surface area (Å²) in [5, 5.41) is 4.31. The largest absolute Gasteiger partial charge is 0.444 e. The van der Waals surface area contributed by atoms with Gasteiger partial charge in [0.1, 0.15) is 11.3 Å². The van der Waals surface area contributed by atoms with Gasteiger partial charge in [-0.15, -0.1) is 0 Å². The minimum Gasteiger partial charge on any atom is -0.444 e. The van der Waals surface area contributed by atoms with Gasteiger partial charge in [-0.3, -0.25) is 5.84 Å². The minimum atomic E-state index is -1.28. The molecule has 0 radical (unpaired) electrons. The number of rotatable bonds is 4. The van der Waals surface area contributed by atoms with Crippen LogP contribution in [0.1, 0.15) is 44.2 Å². The second kappa shape index (κ2) is 8.47. The maximum atomic E-state index is 12.4. The number of hydrazine groups is 1. The number of hydrogen-bond acceptors (Lipinski definition) is 7. The molecule has 2 aromatic rings. The maximum absolute atomic E-state index is 12.4. The molecule has 1 heterocycles. The molecule has 8 nitrogen and oxygen atoms in total. The number of anilines is 1. The number of carbonyl (C=O) groups is 1. The van der Waals surface area contributed by atoms with Crippen LogP contribution < -0.4 is 28.4 Å². The number of amides is 1. The predicted molar refractivity (Wildman–Crippen MR) is 123 cm³/mol. The third kappa shape index (κ3) is 4.52. The van der Waals surface area contributed by atoms with Crippen LogP contribution in [0.4, 0.5) is 10.5 Å². The van der Waals surface area contributed by atoms with Crippen molar-refractivity contribution in [1.82, 2.24) is 10.3 Å². The predicted octanol–water partition coefficient (Wildman–Crippen LogP) is 1.97. The molecule has 0 aromatic heterocycles. The molecule has 1 fully saturated rings. The fourth-order valence-corrected chi connectivity index (χ4v) is 4.33. The summed E-state index contributed by atoms with van der Waals surface area (Å²) < 4.78 is 5.39. The molecule has 0 spiro atoms. The Morgan fingerprint density at radius 3 is 2.32 bits per heavy atom. The Labute approximate surface area is 183 Å². The Balaban J connectivity index is 2.03. The zero-order chi connectivity index (χ0) is 22.9. The molecule has 1 aliphatic rings. The van der Waals surface area contributed by atoms with Crippen LogP contribution in [0.2, 0.25) is 0 Å². The zero-order valence-corrected chi connectivity index (χ0v) is 18.5. The summed E-state index contributed by atoms with van der Waals surface area (Å²) in [7, 11) is 0. The summed E-state index contributed by atoms with van der Waals surface area (Å²) in [5.41, 5.74) is 19.6. The van der Waals surface area contributed by atoms with Crippen molar-refractivity contribution < 1.29 is 9.53 Å². The van der Waals surface area contributed by atoms with Crippen LogP contribution in [0.3, 0.4) is 0 Å². The van der Waals surface area contributed by atoms with Gasteiger partial charge in [0.15, 0.2) is 0 Å². The minimum absolute atomic E-state index is 0.00921. The van der Waals surface area contributed by atoms with Crippen LogP contribution in [0.5, 0.6) is 0 Å². The Hall–Kier alpha value is -2.65. The molecule has 1 aliphatic heterocycles. The molecule has 1 amide bonds. The molecule has 0 saturated carbocycles. The normalized spacial score (nSPS) is 27.0. The first-order chi connectivity index (χ1) is 14.5. The van der Waals surface area contributed by atoms with E-state index in [4.69, 9.17) is 27.8 Å². The fraction of sp³-hybridized carbons (Fsp3) is 0.435. The van der Waals surface area contributed by atoms with Crippen molar-refractivity contribution in [1.29, 1.82) is 0 Å². The van der Waals surface area contributed by atoms with E-state index in [2.05, 4.69) is 5.32 Å². The van der Waals surface area contributed by atoms with Gasteiger partial charge in [0, 0.05) is 18.2 Å². The molecular weight excluding hydrogens is 392 g/mol. The number of alkyl carbamates (subject to hydrolysis) is 1. The van der Waals surface area contributed by atoms with Crippen molar-refractivity contribution in [2.75, 3.05) is 18.8 Å². The molecule has 31 heavy (non-hydrogen) atoms. The lowest BCUT2D eigenvalue weighted by Crippen LogP contribution is -2.81. The van der Waals surface area contributed by atoms with Gasteiger partial charge in [-0.05, 0) is 50.5 Å². The third-order valence-electron chi connectivity index (χ3n) is 5.93. The third-order valence-corrected chi connectivity index (χ3v) is 5.93. The zero-order valence-electron chi connectivity index (χ0n) is 18.5. The van der Waals surface area contributed by atoms with Gasteiger partial charge in [-0.25, -0.2) is 9.80 Å². The summed E-state index contributed by atoms with van der Waals surface area (Å²) in [6.07, 6.45) is 0.118. The first-order valence-electron chi connectivity index (χ1n) is 10.5. The average molecular weight is 427 g/mol. The van der Waals surface area contributed by atoms with Gasteiger partial charge in [0.05, 0.1) is 12.1 Å². The SMILES string of the molecule is CC(C)(C)OC(=O)NCC1(N)N(N)CCC(c2ccc(N)cc2)C1(N)c1ccccc1. The van der Waals surface area contributed by atoms with E-state index in [0.717, 1.165) is 11.1 Å². The van der Waals surface area contributed by atoms with Crippen LogP contribution in [0.15, 0.2) is 54.6 Å². The quantitative estimate of drug-likeness (QED) is 0.371.